The quantitative estimate of drug-likeness (QED) is 0.618. The van der Waals surface area contributed by atoms with Gasteiger partial charge in [0.1, 0.15) is 11.6 Å². The van der Waals surface area contributed by atoms with Gasteiger partial charge in [0, 0.05) is 18.7 Å². The molecule has 0 aromatic carbocycles. The van der Waals surface area contributed by atoms with Gasteiger partial charge in [0.2, 0.25) is 0 Å². The number of aryl methyl sites for hydroxylation is 1. The van der Waals surface area contributed by atoms with Crippen LogP contribution in [0.4, 0.5) is 0 Å². The predicted molar refractivity (Wildman–Crippen MR) is 70.4 cm³/mol. The van der Waals surface area contributed by atoms with Crippen LogP contribution in [-0.2, 0) is 13.0 Å². The van der Waals surface area contributed by atoms with Crippen LogP contribution in [0.2, 0.25) is 0 Å². The van der Waals surface area contributed by atoms with Gasteiger partial charge in [0.15, 0.2) is 4.34 Å². The van der Waals surface area contributed by atoms with Crippen molar-refractivity contribution < 1.29 is 4.42 Å². The van der Waals surface area contributed by atoms with Crippen molar-refractivity contribution in [1.29, 1.82) is 0 Å². The van der Waals surface area contributed by atoms with Gasteiger partial charge >= 0.3 is 0 Å². The Labute approximate surface area is 109 Å². The van der Waals surface area contributed by atoms with Crippen molar-refractivity contribution in [2.24, 2.45) is 0 Å². The van der Waals surface area contributed by atoms with E-state index in [2.05, 4.69) is 21.6 Å². The topological polar surface area (TPSA) is 51.0 Å². The Morgan fingerprint density at radius 2 is 2.47 bits per heavy atom. The second-order valence-electron chi connectivity index (χ2n) is 3.43. The van der Waals surface area contributed by atoms with E-state index in [0.717, 1.165) is 41.2 Å². The third-order valence-corrected chi connectivity index (χ3v) is 4.02. The summed E-state index contributed by atoms with van der Waals surface area (Å²) < 4.78 is 10.5. The molecule has 2 aromatic rings. The van der Waals surface area contributed by atoms with Gasteiger partial charge in [-0.15, -0.1) is 0 Å². The minimum absolute atomic E-state index is 0.782. The summed E-state index contributed by atoms with van der Waals surface area (Å²) in [6.45, 7) is 3.79. The SMILES string of the molecule is CCc1nsc(SCCNCc2ccco2)n1. The molecule has 4 nitrogen and oxygen atoms in total. The van der Waals surface area contributed by atoms with Crippen molar-refractivity contribution in [2.75, 3.05) is 12.3 Å². The van der Waals surface area contributed by atoms with Crippen LogP contribution in [0.1, 0.15) is 18.5 Å². The zero-order valence-electron chi connectivity index (χ0n) is 9.68. The molecule has 0 saturated carbocycles. The van der Waals surface area contributed by atoms with E-state index in [4.69, 9.17) is 4.42 Å². The maximum Gasteiger partial charge on any atom is 0.170 e. The van der Waals surface area contributed by atoms with E-state index in [-0.39, 0.29) is 0 Å². The molecule has 0 bridgehead atoms. The first kappa shape index (κ1) is 12.6. The minimum Gasteiger partial charge on any atom is -0.468 e. The number of rotatable bonds is 7. The van der Waals surface area contributed by atoms with Crippen LogP contribution in [0.3, 0.4) is 0 Å². The van der Waals surface area contributed by atoms with Crippen molar-refractivity contribution in [1.82, 2.24) is 14.7 Å². The van der Waals surface area contributed by atoms with E-state index in [0.29, 0.717) is 0 Å². The zero-order valence-corrected chi connectivity index (χ0v) is 11.3. The highest BCUT2D eigenvalue weighted by atomic mass is 32.2. The van der Waals surface area contributed by atoms with Crippen molar-refractivity contribution in [3.63, 3.8) is 0 Å². The largest absolute Gasteiger partial charge is 0.468 e. The molecule has 0 aliphatic carbocycles. The van der Waals surface area contributed by atoms with Gasteiger partial charge in [-0.05, 0) is 23.7 Å². The number of hydrogen-bond acceptors (Lipinski definition) is 6. The second kappa shape index (κ2) is 6.78. The number of furan rings is 1. The van der Waals surface area contributed by atoms with Gasteiger partial charge in [-0.1, -0.05) is 18.7 Å². The Morgan fingerprint density at radius 3 is 3.18 bits per heavy atom. The monoisotopic (exact) mass is 269 g/mol. The van der Waals surface area contributed by atoms with E-state index in [9.17, 15) is 0 Å². The Morgan fingerprint density at radius 1 is 1.53 bits per heavy atom. The van der Waals surface area contributed by atoms with E-state index < -0.39 is 0 Å². The summed E-state index contributed by atoms with van der Waals surface area (Å²) in [6, 6.07) is 3.87. The number of nitrogens with one attached hydrogen (secondary N) is 1. The normalized spacial score (nSPS) is 10.9. The molecule has 0 fully saturated rings. The van der Waals surface area contributed by atoms with Gasteiger partial charge in [-0.3, -0.25) is 0 Å². The van der Waals surface area contributed by atoms with Crippen LogP contribution in [0, 0.1) is 0 Å². The van der Waals surface area contributed by atoms with Crippen LogP contribution in [0.25, 0.3) is 0 Å². The highest BCUT2D eigenvalue weighted by Crippen LogP contribution is 2.19. The van der Waals surface area contributed by atoms with Crippen LogP contribution in [0.15, 0.2) is 27.2 Å². The van der Waals surface area contributed by atoms with E-state index in [1.165, 1.54) is 11.5 Å². The minimum atomic E-state index is 0.782. The van der Waals surface area contributed by atoms with Gasteiger partial charge < -0.3 is 9.73 Å². The van der Waals surface area contributed by atoms with Gasteiger partial charge in [0.05, 0.1) is 12.8 Å². The highest BCUT2D eigenvalue weighted by molar-refractivity contribution is 8.00. The number of nitrogens with zero attached hydrogens (tertiary/aromatic N) is 2. The Balaban J connectivity index is 1.60. The molecule has 2 aromatic heterocycles. The van der Waals surface area contributed by atoms with E-state index in [1.807, 2.05) is 12.1 Å². The first-order valence-corrected chi connectivity index (χ1v) is 7.33. The van der Waals surface area contributed by atoms with E-state index >= 15 is 0 Å². The van der Waals surface area contributed by atoms with Crippen molar-refractivity contribution in [3.05, 3.63) is 30.0 Å². The van der Waals surface area contributed by atoms with Gasteiger partial charge in [-0.2, -0.15) is 4.37 Å². The molecule has 0 unspecified atom stereocenters. The van der Waals surface area contributed by atoms with Crippen LogP contribution < -0.4 is 5.32 Å². The average molecular weight is 269 g/mol. The fourth-order valence-corrected chi connectivity index (χ4v) is 2.94. The predicted octanol–water partition coefficient (Wildman–Crippen LogP) is 2.58. The molecule has 0 radical (unpaired) electrons. The molecule has 6 heteroatoms. The van der Waals surface area contributed by atoms with Gasteiger partial charge in [0.25, 0.3) is 0 Å². The molecular weight excluding hydrogens is 254 g/mol. The molecular formula is C11H15N3OS2. The molecule has 0 amide bonds. The lowest BCUT2D eigenvalue weighted by Gasteiger charge is -2.00. The summed E-state index contributed by atoms with van der Waals surface area (Å²) in [5, 5.41) is 3.32. The average Bonchev–Trinajstić information content (AvgIpc) is 2.99. The second-order valence-corrected chi connectivity index (χ2v) is 5.53. The van der Waals surface area contributed by atoms with Crippen molar-refractivity contribution in [2.45, 2.75) is 24.2 Å². The summed E-state index contributed by atoms with van der Waals surface area (Å²) in [7, 11) is 0. The number of aromatic nitrogens is 2. The fraction of sp³-hybridized carbons (Fsp3) is 0.455. The summed E-state index contributed by atoms with van der Waals surface area (Å²) in [6.07, 6.45) is 2.60. The molecule has 0 saturated heterocycles. The fourth-order valence-electron chi connectivity index (χ4n) is 1.28. The Kier molecular flexibility index (Phi) is 5.03. The lowest BCUT2D eigenvalue weighted by atomic mass is 10.4. The Bertz CT molecular complexity index is 428. The first-order chi connectivity index (χ1) is 8.38. The molecule has 2 rings (SSSR count). The zero-order chi connectivity index (χ0) is 11.9. The number of thioether (sulfide) groups is 1. The van der Waals surface area contributed by atoms with E-state index in [1.54, 1.807) is 18.0 Å². The smallest absolute Gasteiger partial charge is 0.170 e. The lowest BCUT2D eigenvalue weighted by Crippen LogP contribution is -2.15. The molecule has 0 aliphatic heterocycles. The first-order valence-electron chi connectivity index (χ1n) is 5.57. The summed E-state index contributed by atoms with van der Waals surface area (Å²) in [5.41, 5.74) is 0. The molecule has 0 aliphatic rings. The summed E-state index contributed by atoms with van der Waals surface area (Å²) >= 11 is 3.23. The standard InChI is InChI=1S/C11H15N3OS2/c1-2-10-13-11(17-14-10)16-7-5-12-8-9-4-3-6-15-9/h3-4,6,12H,2,5,7-8H2,1H3. The maximum absolute atomic E-state index is 5.23. The molecule has 1 N–H and O–H groups in total. The lowest BCUT2D eigenvalue weighted by molar-refractivity contribution is 0.488. The highest BCUT2D eigenvalue weighted by Gasteiger charge is 2.02. The number of hydrogen-bond donors (Lipinski definition) is 1. The molecule has 2 heterocycles. The Hall–Kier alpha value is -0.850. The molecule has 92 valence electrons. The van der Waals surface area contributed by atoms with Crippen molar-refractivity contribution in [3.8, 4) is 0 Å². The maximum atomic E-state index is 5.23. The van der Waals surface area contributed by atoms with Gasteiger partial charge in [-0.25, -0.2) is 4.98 Å². The van der Waals surface area contributed by atoms with Crippen LogP contribution in [-0.4, -0.2) is 21.7 Å². The van der Waals surface area contributed by atoms with Crippen LogP contribution >= 0.6 is 23.3 Å². The molecule has 0 atom stereocenters. The van der Waals surface area contributed by atoms with Crippen molar-refractivity contribution >= 4 is 23.3 Å². The van der Waals surface area contributed by atoms with Crippen LogP contribution in [0.5, 0.6) is 0 Å². The molecule has 17 heavy (non-hydrogen) atoms. The molecule has 0 spiro atoms. The third-order valence-electron chi connectivity index (χ3n) is 2.15. The summed E-state index contributed by atoms with van der Waals surface area (Å²) in [5.74, 6) is 2.92. The third kappa shape index (κ3) is 4.14. The summed E-state index contributed by atoms with van der Waals surface area (Å²) in [4.78, 5) is 4.40.